The maximum absolute atomic E-state index is 12.7. The third-order valence-corrected chi connectivity index (χ3v) is 5.81. The number of hydrogen-bond acceptors (Lipinski definition) is 6. The Bertz CT molecular complexity index is 1110. The average Bonchev–Trinajstić information content (AvgIpc) is 3.44. The summed E-state index contributed by atoms with van der Waals surface area (Å²) < 4.78 is 0. The molecule has 7 heteroatoms. The zero-order valence-corrected chi connectivity index (χ0v) is 16.3. The van der Waals surface area contributed by atoms with Crippen LogP contribution in [0.4, 0.5) is 0 Å². The molecule has 28 heavy (non-hydrogen) atoms. The lowest BCUT2D eigenvalue weighted by atomic mass is 10.0. The summed E-state index contributed by atoms with van der Waals surface area (Å²) >= 11 is 2.84. The number of thiophene rings is 1. The molecule has 3 aromatic heterocycles. The second kappa shape index (κ2) is 8.24. The van der Waals surface area contributed by atoms with E-state index >= 15 is 0 Å². The largest absolute Gasteiger partial charge is 0.346 e. The Balaban J connectivity index is 1.48. The molecule has 138 valence electrons. The maximum Gasteiger partial charge on any atom is 0.252 e. The highest BCUT2D eigenvalue weighted by atomic mass is 32.1. The molecule has 0 fully saturated rings. The Hall–Kier alpha value is -3.16. The van der Waals surface area contributed by atoms with Gasteiger partial charge in [0.1, 0.15) is 5.01 Å². The van der Waals surface area contributed by atoms with Crippen molar-refractivity contribution in [3.8, 4) is 11.3 Å². The number of hydrogen-bond donors (Lipinski definition) is 1. The van der Waals surface area contributed by atoms with E-state index in [-0.39, 0.29) is 11.7 Å². The van der Waals surface area contributed by atoms with Gasteiger partial charge in [-0.25, -0.2) is 4.98 Å². The Morgan fingerprint density at radius 2 is 1.71 bits per heavy atom. The molecular formula is C21H15N3O2S2. The van der Waals surface area contributed by atoms with Gasteiger partial charge in [-0.2, -0.15) is 0 Å². The average molecular weight is 406 g/mol. The third kappa shape index (κ3) is 3.90. The zero-order chi connectivity index (χ0) is 19.3. The molecule has 0 saturated carbocycles. The summed E-state index contributed by atoms with van der Waals surface area (Å²) in [5.41, 5.74) is 2.60. The summed E-state index contributed by atoms with van der Waals surface area (Å²) in [5, 5.41) is 7.46. The number of nitrogens with zero attached hydrogens (tertiary/aromatic N) is 2. The van der Waals surface area contributed by atoms with Crippen LogP contribution in [0, 0.1) is 0 Å². The van der Waals surface area contributed by atoms with Crippen LogP contribution in [-0.2, 0) is 6.54 Å². The van der Waals surface area contributed by atoms with Crippen LogP contribution in [0.25, 0.3) is 11.3 Å². The lowest BCUT2D eigenvalue weighted by Gasteiger charge is -2.08. The van der Waals surface area contributed by atoms with Gasteiger partial charge in [-0.05, 0) is 29.6 Å². The van der Waals surface area contributed by atoms with Crippen molar-refractivity contribution < 1.29 is 9.59 Å². The second-order valence-electron chi connectivity index (χ2n) is 5.90. The molecule has 0 unspecified atom stereocenters. The Labute approximate surface area is 169 Å². The Morgan fingerprint density at radius 1 is 0.929 bits per heavy atom. The smallest absolute Gasteiger partial charge is 0.252 e. The summed E-state index contributed by atoms with van der Waals surface area (Å²) in [5.74, 6) is -0.434. The number of thiazole rings is 1. The van der Waals surface area contributed by atoms with Crippen LogP contribution in [0.1, 0.15) is 30.6 Å². The number of rotatable bonds is 6. The highest BCUT2D eigenvalue weighted by Crippen LogP contribution is 2.22. The van der Waals surface area contributed by atoms with Crippen molar-refractivity contribution in [1.82, 2.24) is 15.3 Å². The van der Waals surface area contributed by atoms with Gasteiger partial charge in [-0.1, -0.05) is 24.3 Å². The van der Waals surface area contributed by atoms with E-state index in [2.05, 4.69) is 15.3 Å². The number of pyridine rings is 1. The van der Waals surface area contributed by atoms with Crippen LogP contribution in [0.15, 0.2) is 71.7 Å². The van der Waals surface area contributed by atoms with E-state index in [1.165, 1.54) is 22.7 Å². The molecule has 0 aliphatic carbocycles. The van der Waals surface area contributed by atoms with Gasteiger partial charge in [-0.15, -0.1) is 22.7 Å². The number of aromatic nitrogens is 2. The van der Waals surface area contributed by atoms with Gasteiger partial charge in [0.05, 0.1) is 22.7 Å². The van der Waals surface area contributed by atoms with Crippen molar-refractivity contribution in [3.63, 3.8) is 0 Å². The third-order valence-electron chi connectivity index (χ3n) is 4.09. The fraction of sp³-hybridized carbons (Fsp3) is 0.0476. The minimum atomic E-state index is -0.291. The first-order chi connectivity index (χ1) is 13.7. The van der Waals surface area contributed by atoms with E-state index in [0.717, 1.165) is 16.3 Å². The predicted molar refractivity (Wildman–Crippen MR) is 111 cm³/mol. The summed E-state index contributed by atoms with van der Waals surface area (Å²) in [6.07, 6.45) is 3.44. The highest BCUT2D eigenvalue weighted by molar-refractivity contribution is 7.12. The molecule has 1 amide bonds. The number of nitrogens with one attached hydrogen (secondary N) is 1. The normalized spacial score (nSPS) is 10.6. The van der Waals surface area contributed by atoms with Gasteiger partial charge in [0, 0.05) is 28.9 Å². The van der Waals surface area contributed by atoms with Gasteiger partial charge >= 0.3 is 0 Å². The zero-order valence-electron chi connectivity index (χ0n) is 14.7. The molecule has 0 saturated heterocycles. The first-order valence-electron chi connectivity index (χ1n) is 8.52. The van der Waals surface area contributed by atoms with Gasteiger partial charge in [0.15, 0.2) is 0 Å². The summed E-state index contributed by atoms with van der Waals surface area (Å²) in [7, 11) is 0. The molecular weight excluding hydrogens is 390 g/mol. The van der Waals surface area contributed by atoms with E-state index in [1.807, 2.05) is 29.0 Å². The molecule has 0 bridgehead atoms. The van der Waals surface area contributed by atoms with E-state index in [4.69, 9.17) is 0 Å². The monoisotopic (exact) mass is 405 g/mol. The molecule has 4 rings (SSSR count). The molecule has 0 atom stereocenters. The molecule has 0 aliphatic heterocycles. The van der Waals surface area contributed by atoms with Crippen LogP contribution >= 0.6 is 22.7 Å². The molecule has 1 aromatic carbocycles. The highest BCUT2D eigenvalue weighted by Gasteiger charge is 2.18. The van der Waals surface area contributed by atoms with Crippen LogP contribution in [0.3, 0.4) is 0 Å². The number of ketones is 1. The molecule has 1 N–H and O–H groups in total. The van der Waals surface area contributed by atoms with Crippen LogP contribution in [-0.4, -0.2) is 21.7 Å². The number of benzene rings is 1. The van der Waals surface area contributed by atoms with Gasteiger partial charge in [0.2, 0.25) is 5.78 Å². The van der Waals surface area contributed by atoms with Crippen LogP contribution in [0.2, 0.25) is 0 Å². The van der Waals surface area contributed by atoms with Crippen molar-refractivity contribution in [2.45, 2.75) is 6.54 Å². The quantitative estimate of drug-likeness (QED) is 0.482. The Kier molecular flexibility index (Phi) is 5.36. The lowest BCUT2D eigenvalue weighted by Crippen LogP contribution is -2.25. The standard InChI is InChI=1S/C21H15N3O2S2/c25-20(18-6-3-11-27-18)15-4-1-2-5-16(15)21(26)23-12-19-24-17(13-28-19)14-7-9-22-10-8-14/h1-11,13H,12H2,(H,23,26). The molecule has 0 spiro atoms. The van der Waals surface area contributed by atoms with Crippen molar-refractivity contribution >= 4 is 34.4 Å². The number of amides is 1. The van der Waals surface area contributed by atoms with E-state index in [0.29, 0.717) is 22.5 Å². The van der Waals surface area contributed by atoms with E-state index < -0.39 is 0 Å². The molecule has 5 nitrogen and oxygen atoms in total. The first-order valence-corrected chi connectivity index (χ1v) is 10.3. The lowest BCUT2D eigenvalue weighted by molar-refractivity contribution is 0.0940. The maximum atomic E-state index is 12.7. The van der Waals surface area contributed by atoms with E-state index in [9.17, 15) is 9.59 Å². The summed E-state index contributed by atoms with van der Waals surface area (Å²) in [6, 6.07) is 14.2. The minimum Gasteiger partial charge on any atom is -0.346 e. The van der Waals surface area contributed by atoms with Crippen molar-refractivity contribution in [1.29, 1.82) is 0 Å². The predicted octanol–water partition coefficient (Wildman–Crippen LogP) is 4.43. The fourth-order valence-electron chi connectivity index (χ4n) is 2.72. The topological polar surface area (TPSA) is 72.0 Å². The van der Waals surface area contributed by atoms with Crippen LogP contribution in [0.5, 0.6) is 0 Å². The van der Waals surface area contributed by atoms with Gasteiger partial charge in [-0.3, -0.25) is 14.6 Å². The second-order valence-corrected chi connectivity index (χ2v) is 7.79. The first kappa shape index (κ1) is 18.2. The van der Waals surface area contributed by atoms with Gasteiger partial charge in [0.25, 0.3) is 5.91 Å². The summed E-state index contributed by atoms with van der Waals surface area (Å²) in [4.78, 5) is 34.6. The molecule has 3 heterocycles. The van der Waals surface area contributed by atoms with E-state index in [1.54, 1.807) is 42.7 Å². The summed E-state index contributed by atoms with van der Waals surface area (Å²) in [6.45, 7) is 0.302. The van der Waals surface area contributed by atoms with Gasteiger partial charge < -0.3 is 5.32 Å². The molecule has 4 aromatic rings. The SMILES string of the molecule is O=C(NCc1nc(-c2ccncc2)cs1)c1ccccc1C(=O)c1cccs1. The van der Waals surface area contributed by atoms with Crippen molar-refractivity contribution in [2.75, 3.05) is 0 Å². The van der Waals surface area contributed by atoms with Crippen molar-refractivity contribution in [2.24, 2.45) is 0 Å². The Morgan fingerprint density at radius 3 is 2.46 bits per heavy atom. The van der Waals surface area contributed by atoms with Crippen molar-refractivity contribution in [3.05, 3.63) is 92.7 Å². The molecule has 0 aliphatic rings. The van der Waals surface area contributed by atoms with Crippen LogP contribution < -0.4 is 5.32 Å². The number of carbonyl (C=O) groups is 2. The molecule has 0 radical (unpaired) electrons. The minimum absolute atomic E-state index is 0.144. The fourth-order valence-corrected chi connectivity index (χ4v) is 4.14. The number of carbonyl (C=O) groups excluding carboxylic acids is 2.